The Kier molecular flexibility index (Phi) is 5.32. The molecule has 0 aliphatic carbocycles. The minimum atomic E-state index is 0.782. The molecule has 0 amide bonds. The maximum absolute atomic E-state index is 4.42. The van der Waals surface area contributed by atoms with Crippen molar-refractivity contribution in [3.63, 3.8) is 0 Å². The fraction of sp³-hybridized carbons (Fsp3) is 0.643. The van der Waals surface area contributed by atoms with Gasteiger partial charge in [-0.25, -0.2) is 0 Å². The molecular formula is C14H23N3S. The van der Waals surface area contributed by atoms with Crippen molar-refractivity contribution in [2.45, 2.75) is 32.1 Å². The van der Waals surface area contributed by atoms with E-state index in [1.807, 2.05) is 6.20 Å². The van der Waals surface area contributed by atoms with Gasteiger partial charge in [-0.05, 0) is 25.1 Å². The van der Waals surface area contributed by atoms with Gasteiger partial charge in [-0.1, -0.05) is 13.8 Å². The maximum atomic E-state index is 4.42. The molecule has 0 bridgehead atoms. The van der Waals surface area contributed by atoms with Crippen LogP contribution >= 0.6 is 11.8 Å². The van der Waals surface area contributed by atoms with Gasteiger partial charge in [0.05, 0.1) is 5.69 Å². The van der Waals surface area contributed by atoms with Gasteiger partial charge < -0.3 is 10.2 Å². The first-order chi connectivity index (χ1) is 8.83. The summed E-state index contributed by atoms with van der Waals surface area (Å²) in [7, 11) is 0. The normalized spacial score (nSPS) is 20.1. The molecule has 1 saturated heterocycles. The second kappa shape index (κ2) is 7.00. The lowest BCUT2D eigenvalue weighted by atomic mass is 10.2. The maximum Gasteiger partial charge on any atom is 0.0562 e. The Bertz CT molecular complexity index is 370. The van der Waals surface area contributed by atoms with Crippen LogP contribution in [0.3, 0.4) is 0 Å². The van der Waals surface area contributed by atoms with Crippen LogP contribution in [0.4, 0.5) is 5.69 Å². The lowest BCUT2D eigenvalue weighted by molar-refractivity contribution is 0.704. The summed E-state index contributed by atoms with van der Waals surface area (Å²) in [5.74, 6) is 1.24. The summed E-state index contributed by atoms with van der Waals surface area (Å²) >= 11 is 2.11. The van der Waals surface area contributed by atoms with E-state index in [0.717, 1.165) is 30.6 Å². The van der Waals surface area contributed by atoms with Crippen molar-refractivity contribution < 1.29 is 0 Å². The second-order valence-corrected chi connectivity index (χ2v) is 6.04. The topological polar surface area (TPSA) is 28.2 Å². The number of nitrogens with one attached hydrogen (secondary N) is 1. The fourth-order valence-electron chi connectivity index (χ4n) is 2.21. The molecule has 1 aromatic rings. The molecule has 18 heavy (non-hydrogen) atoms. The molecule has 1 fully saturated rings. The van der Waals surface area contributed by atoms with Gasteiger partial charge in [0.2, 0.25) is 0 Å². The van der Waals surface area contributed by atoms with E-state index in [0.29, 0.717) is 0 Å². The molecule has 0 spiro atoms. The molecule has 1 aromatic heterocycles. The first kappa shape index (κ1) is 13.7. The molecule has 2 rings (SSSR count). The molecule has 0 radical (unpaired) electrons. The summed E-state index contributed by atoms with van der Waals surface area (Å²) < 4.78 is 0. The largest absolute Gasteiger partial charge is 0.369 e. The summed E-state index contributed by atoms with van der Waals surface area (Å²) in [5, 5.41) is 4.11. The quantitative estimate of drug-likeness (QED) is 0.885. The van der Waals surface area contributed by atoms with Gasteiger partial charge in [0, 0.05) is 42.5 Å². The van der Waals surface area contributed by atoms with Crippen LogP contribution in [0, 0.1) is 0 Å². The summed E-state index contributed by atoms with van der Waals surface area (Å²) in [6.07, 6.45) is 3.20. The number of hydrogen-bond acceptors (Lipinski definition) is 4. The SMILES string of the molecule is CCNCc1cc(N2CCSC(CC)C2)ccn1. The molecule has 1 N–H and O–H groups in total. The molecular weight excluding hydrogens is 242 g/mol. The molecule has 0 aromatic carbocycles. The number of anilines is 1. The van der Waals surface area contributed by atoms with Crippen molar-refractivity contribution in [3.05, 3.63) is 24.0 Å². The number of thioether (sulfide) groups is 1. The van der Waals surface area contributed by atoms with E-state index in [-0.39, 0.29) is 0 Å². The predicted octanol–water partition coefficient (Wildman–Crippen LogP) is 2.52. The molecule has 1 aliphatic heterocycles. The predicted molar refractivity (Wildman–Crippen MR) is 80.4 cm³/mol. The van der Waals surface area contributed by atoms with E-state index in [9.17, 15) is 0 Å². The van der Waals surface area contributed by atoms with Crippen molar-refractivity contribution in [1.29, 1.82) is 0 Å². The fourth-order valence-corrected chi connectivity index (χ4v) is 3.39. The van der Waals surface area contributed by atoms with E-state index in [1.54, 1.807) is 0 Å². The van der Waals surface area contributed by atoms with Crippen molar-refractivity contribution in [1.82, 2.24) is 10.3 Å². The zero-order valence-electron chi connectivity index (χ0n) is 11.4. The smallest absolute Gasteiger partial charge is 0.0562 e. The lowest BCUT2D eigenvalue weighted by Crippen LogP contribution is -2.37. The molecule has 1 atom stereocenters. The third kappa shape index (κ3) is 3.62. The standard InChI is InChI=1S/C14H23N3S/c1-3-14-11-17(7-8-18-14)13-5-6-16-12(9-13)10-15-4-2/h5-6,9,14-15H,3-4,7-8,10-11H2,1-2H3. The highest BCUT2D eigenvalue weighted by Crippen LogP contribution is 2.25. The highest BCUT2D eigenvalue weighted by atomic mass is 32.2. The van der Waals surface area contributed by atoms with Gasteiger partial charge in [0.25, 0.3) is 0 Å². The third-order valence-electron chi connectivity index (χ3n) is 3.32. The van der Waals surface area contributed by atoms with Gasteiger partial charge in [-0.3, -0.25) is 4.98 Å². The third-order valence-corrected chi connectivity index (χ3v) is 4.69. The zero-order chi connectivity index (χ0) is 12.8. The summed E-state index contributed by atoms with van der Waals surface area (Å²) in [5.41, 5.74) is 2.47. The van der Waals surface area contributed by atoms with E-state index >= 15 is 0 Å². The molecule has 3 nitrogen and oxygen atoms in total. The molecule has 1 unspecified atom stereocenters. The minimum Gasteiger partial charge on any atom is -0.369 e. The van der Waals surface area contributed by atoms with Crippen LogP contribution < -0.4 is 10.2 Å². The molecule has 0 saturated carbocycles. The van der Waals surface area contributed by atoms with Crippen molar-refractivity contribution in [2.75, 3.05) is 30.3 Å². The van der Waals surface area contributed by atoms with Crippen LogP contribution in [0.25, 0.3) is 0 Å². The van der Waals surface area contributed by atoms with Crippen LogP contribution in [0.5, 0.6) is 0 Å². The van der Waals surface area contributed by atoms with Crippen LogP contribution in [0.1, 0.15) is 26.0 Å². The Hall–Kier alpha value is -0.740. The Morgan fingerprint density at radius 1 is 1.50 bits per heavy atom. The number of hydrogen-bond donors (Lipinski definition) is 1. The van der Waals surface area contributed by atoms with Crippen LogP contribution in [0.2, 0.25) is 0 Å². The molecule has 100 valence electrons. The van der Waals surface area contributed by atoms with Gasteiger partial charge >= 0.3 is 0 Å². The van der Waals surface area contributed by atoms with Crippen LogP contribution in [0.15, 0.2) is 18.3 Å². The monoisotopic (exact) mass is 265 g/mol. The Balaban J connectivity index is 2.02. The zero-order valence-corrected chi connectivity index (χ0v) is 12.2. The average molecular weight is 265 g/mol. The second-order valence-electron chi connectivity index (χ2n) is 4.63. The Morgan fingerprint density at radius 3 is 3.17 bits per heavy atom. The highest BCUT2D eigenvalue weighted by molar-refractivity contribution is 8.00. The van der Waals surface area contributed by atoms with E-state index in [1.165, 1.54) is 24.4 Å². The van der Waals surface area contributed by atoms with E-state index in [4.69, 9.17) is 0 Å². The number of rotatable bonds is 5. The molecule has 4 heteroatoms. The van der Waals surface area contributed by atoms with E-state index in [2.05, 4.69) is 52.9 Å². The first-order valence-electron chi connectivity index (χ1n) is 6.85. The summed E-state index contributed by atoms with van der Waals surface area (Å²) in [6.45, 7) is 8.59. The Labute approximate surface area is 114 Å². The van der Waals surface area contributed by atoms with Crippen LogP contribution in [-0.2, 0) is 6.54 Å². The minimum absolute atomic E-state index is 0.782. The van der Waals surface area contributed by atoms with Gasteiger partial charge in [-0.2, -0.15) is 11.8 Å². The van der Waals surface area contributed by atoms with Gasteiger partial charge in [0.1, 0.15) is 0 Å². The number of pyridine rings is 1. The molecule has 1 aliphatic rings. The van der Waals surface area contributed by atoms with Crippen molar-refractivity contribution >= 4 is 17.4 Å². The Morgan fingerprint density at radius 2 is 2.39 bits per heavy atom. The van der Waals surface area contributed by atoms with Crippen molar-refractivity contribution in [3.8, 4) is 0 Å². The molecule has 2 heterocycles. The summed E-state index contributed by atoms with van der Waals surface area (Å²) in [4.78, 5) is 6.92. The number of nitrogens with zero attached hydrogens (tertiary/aromatic N) is 2. The van der Waals surface area contributed by atoms with E-state index < -0.39 is 0 Å². The highest BCUT2D eigenvalue weighted by Gasteiger charge is 2.19. The summed E-state index contributed by atoms with van der Waals surface area (Å²) in [6, 6.07) is 4.36. The average Bonchev–Trinajstić information content (AvgIpc) is 2.45. The first-order valence-corrected chi connectivity index (χ1v) is 7.90. The number of aromatic nitrogens is 1. The lowest BCUT2D eigenvalue weighted by Gasteiger charge is -2.33. The van der Waals surface area contributed by atoms with Gasteiger partial charge in [0.15, 0.2) is 0 Å². The van der Waals surface area contributed by atoms with Crippen LogP contribution in [-0.4, -0.2) is 35.6 Å². The van der Waals surface area contributed by atoms with Crippen molar-refractivity contribution in [2.24, 2.45) is 0 Å². The van der Waals surface area contributed by atoms with Gasteiger partial charge in [-0.15, -0.1) is 0 Å².